The fourth-order valence-electron chi connectivity index (χ4n) is 4.03. The lowest BCUT2D eigenvalue weighted by Crippen LogP contribution is -2.47. The summed E-state index contributed by atoms with van der Waals surface area (Å²) in [7, 11) is 0. The van der Waals surface area contributed by atoms with Crippen LogP contribution >= 0.6 is 0 Å². The molecule has 1 aromatic heterocycles. The zero-order valence-corrected chi connectivity index (χ0v) is 15.5. The van der Waals surface area contributed by atoms with Crippen LogP contribution in [0.1, 0.15) is 31.0 Å². The van der Waals surface area contributed by atoms with Crippen LogP contribution in [0.25, 0.3) is 10.9 Å². The predicted octanol–water partition coefficient (Wildman–Crippen LogP) is 4.28. The van der Waals surface area contributed by atoms with Gasteiger partial charge in [0.25, 0.3) is 0 Å². The van der Waals surface area contributed by atoms with Gasteiger partial charge in [0.05, 0.1) is 18.2 Å². The highest BCUT2D eigenvalue weighted by Gasteiger charge is 2.32. The molecule has 0 radical (unpaired) electrons. The molecule has 0 spiro atoms. The largest absolute Gasteiger partial charge is 0.505 e. The lowest BCUT2D eigenvalue weighted by molar-refractivity contribution is -0.0767. The van der Waals surface area contributed by atoms with Crippen LogP contribution < -0.4 is 0 Å². The van der Waals surface area contributed by atoms with Gasteiger partial charge in [-0.3, -0.25) is 9.88 Å². The fraction of sp³-hybridized carbons (Fsp3) is 0.318. The molecule has 2 heterocycles. The maximum Gasteiger partial charge on any atom is 0.146 e. The van der Waals surface area contributed by atoms with Gasteiger partial charge in [-0.2, -0.15) is 0 Å². The third-order valence-electron chi connectivity index (χ3n) is 5.07. The Morgan fingerprint density at radius 2 is 1.78 bits per heavy atom. The average molecular weight is 366 g/mol. The number of ether oxygens (including phenoxy) is 1. The van der Waals surface area contributed by atoms with Crippen molar-refractivity contribution in [3.63, 3.8) is 0 Å². The number of nitrogens with zero attached hydrogens (tertiary/aromatic N) is 2. The molecule has 5 heteroatoms. The van der Waals surface area contributed by atoms with Crippen molar-refractivity contribution in [2.45, 2.75) is 32.1 Å². The molecular formula is C22H23FN2O2. The smallest absolute Gasteiger partial charge is 0.146 e. The predicted molar refractivity (Wildman–Crippen MR) is 103 cm³/mol. The summed E-state index contributed by atoms with van der Waals surface area (Å²) in [6.45, 7) is 5.55. The first kappa shape index (κ1) is 17.9. The maximum atomic E-state index is 13.5. The number of hydrogen-bond donors (Lipinski definition) is 1. The molecule has 3 unspecified atom stereocenters. The van der Waals surface area contributed by atoms with E-state index >= 15 is 0 Å². The highest BCUT2D eigenvalue weighted by atomic mass is 19.1. The Morgan fingerprint density at radius 3 is 2.48 bits per heavy atom. The third kappa shape index (κ3) is 3.53. The first-order chi connectivity index (χ1) is 13.0. The van der Waals surface area contributed by atoms with Crippen LogP contribution in [0.15, 0.2) is 54.7 Å². The zero-order valence-electron chi connectivity index (χ0n) is 15.5. The van der Waals surface area contributed by atoms with E-state index in [2.05, 4.69) is 9.88 Å². The number of phenols is 1. The molecule has 1 N–H and O–H groups in total. The molecule has 27 heavy (non-hydrogen) atoms. The van der Waals surface area contributed by atoms with E-state index in [1.807, 2.05) is 38.1 Å². The number of hydrogen-bond acceptors (Lipinski definition) is 4. The van der Waals surface area contributed by atoms with Crippen LogP contribution in [-0.4, -0.2) is 40.3 Å². The van der Waals surface area contributed by atoms with Crippen molar-refractivity contribution >= 4 is 10.9 Å². The molecule has 4 rings (SSSR count). The molecule has 1 aliphatic heterocycles. The molecule has 140 valence electrons. The van der Waals surface area contributed by atoms with Gasteiger partial charge in [-0.05, 0) is 37.6 Å². The van der Waals surface area contributed by atoms with Gasteiger partial charge in [0.2, 0.25) is 0 Å². The summed E-state index contributed by atoms with van der Waals surface area (Å²) in [5.41, 5.74) is 2.29. The van der Waals surface area contributed by atoms with Crippen LogP contribution in [0.3, 0.4) is 0 Å². The monoisotopic (exact) mass is 366 g/mol. The van der Waals surface area contributed by atoms with E-state index in [9.17, 15) is 9.50 Å². The molecule has 0 aliphatic carbocycles. The van der Waals surface area contributed by atoms with Gasteiger partial charge in [-0.25, -0.2) is 4.39 Å². The van der Waals surface area contributed by atoms with Crippen molar-refractivity contribution < 1.29 is 14.2 Å². The summed E-state index contributed by atoms with van der Waals surface area (Å²) in [5, 5.41) is 11.9. The van der Waals surface area contributed by atoms with Crippen LogP contribution in [-0.2, 0) is 4.74 Å². The molecule has 0 bridgehead atoms. The highest BCUT2D eigenvalue weighted by molar-refractivity contribution is 5.85. The Balaban J connectivity index is 1.85. The second-order valence-electron chi connectivity index (χ2n) is 7.24. The van der Waals surface area contributed by atoms with Crippen molar-refractivity contribution in [2.75, 3.05) is 13.1 Å². The third-order valence-corrected chi connectivity index (χ3v) is 5.07. The summed E-state index contributed by atoms with van der Waals surface area (Å²) >= 11 is 0. The number of aromatic hydroxyl groups is 1. The minimum atomic E-state index is -0.273. The van der Waals surface area contributed by atoms with E-state index in [4.69, 9.17) is 4.74 Å². The Kier molecular flexibility index (Phi) is 4.81. The van der Waals surface area contributed by atoms with E-state index in [1.54, 1.807) is 18.3 Å². The van der Waals surface area contributed by atoms with Crippen LogP contribution in [0.5, 0.6) is 5.75 Å². The second-order valence-corrected chi connectivity index (χ2v) is 7.24. The van der Waals surface area contributed by atoms with Gasteiger partial charge >= 0.3 is 0 Å². The van der Waals surface area contributed by atoms with Gasteiger partial charge in [-0.15, -0.1) is 0 Å². The van der Waals surface area contributed by atoms with Crippen LogP contribution in [0.4, 0.5) is 4.39 Å². The number of halogens is 1. The molecule has 1 saturated heterocycles. The lowest BCUT2D eigenvalue weighted by atomic mass is 9.93. The minimum Gasteiger partial charge on any atom is -0.505 e. The van der Waals surface area contributed by atoms with E-state index in [1.165, 1.54) is 12.1 Å². The Bertz CT molecular complexity index is 935. The average Bonchev–Trinajstić information content (AvgIpc) is 2.65. The summed E-state index contributed by atoms with van der Waals surface area (Å²) < 4.78 is 19.4. The first-order valence-electron chi connectivity index (χ1n) is 9.24. The van der Waals surface area contributed by atoms with E-state index in [0.717, 1.165) is 29.6 Å². The fourth-order valence-corrected chi connectivity index (χ4v) is 4.03. The van der Waals surface area contributed by atoms with Gasteiger partial charge in [0.1, 0.15) is 17.1 Å². The van der Waals surface area contributed by atoms with Crippen LogP contribution in [0.2, 0.25) is 0 Å². The molecule has 0 amide bonds. The molecule has 1 aliphatic rings. The molecule has 4 nitrogen and oxygen atoms in total. The molecular weight excluding hydrogens is 343 g/mol. The summed E-state index contributed by atoms with van der Waals surface area (Å²) in [6, 6.07) is 14.0. The minimum absolute atomic E-state index is 0.0809. The van der Waals surface area contributed by atoms with Crippen molar-refractivity contribution in [1.82, 2.24) is 9.88 Å². The number of phenolic OH excluding ortho intramolecular Hbond substituents is 1. The SMILES string of the molecule is CC1CN(C(c2ccc(F)cc2)c2ccc3cccnc3c2O)CC(C)O1. The number of fused-ring (bicyclic) bond motifs is 1. The van der Waals surface area contributed by atoms with Crippen molar-refractivity contribution in [3.05, 3.63) is 71.7 Å². The lowest BCUT2D eigenvalue weighted by Gasteiger charge is -2.40. The molecule has 2 aromatic carbocycles. The molecule has 0 saturated carbocycles. The van der Waals surface area contributed by atoms with Crippen molar-refractivity contribution in [1.29, 1.82) is 0 Å². The molecule has 3 atom stereocenters. The number of benzene rings is 2. The Hall–Kier alpha value is -2.50. The highest BCUT2D eigenvalue weighted by Crippen LogP contribution is 2.39. The number of pyridine rings is 1. The summed E-state index contributed by atoms with van der Waals surface area (Å²) in [5.74, 6) is -0.0974. The second kappa shape index (κ2) is 7.25. The number of morpholine rings is 1. The van der Waals surface area contributed by atoms with Crippen molar-refractivity contribution in [3.8, 4) is 5.75 Å². The summed E-state index contributed by atoms with van der Waals surface area (Å²) in [6.07, 6.45) is 1.84. The standard InChI is InChI=1S/C22H23FN2O2/c1-14-12-25(13-15(2)27-14)21(17-5-8-18(23)9-6-17)19-10-7-16-4-3-11-24-20(16)22(19)26/h3-11,14-15,21,26H,12-13H2,1-2H3. The zero-order chi connectivity index (χ0) is 19.0. The number of rotatable bonds is 3. The first-order valence-corrected chi connectivity index (χ1v) is 9.24. The van der Waals surface area contributed by atoms with Crippen molar-refractivity contribution in [2.24, 2.45) is 0 Å². The van der Waals surface area contributed by atoms with Gasteiger partial charge in [0.15, 0.2) is 0 Å². The van der Waals surface area contributed by atoms with E-state index in [0.29, 0.717) is 5.52 Å². The Labute approximate surface area is 158 Å². The summed E-state index contributed by atoms with van der Waals surface area (Å²) in [4.78, 5) is 6.64. The molecule has 1 fully saturated rings. The quantitative estimate of drug-likeness (QED) is 0.752. The maximum absolute atomic E-state index is 13.5. The van der Waals surface area contributed by atoms with Gasteiger partial charge in [0, 0.05) is 30.2 Å². The van der Waals surface area contributed by atoms with E-state index in [-0.39, 0.29) is 29.8 Å². The van der Waals surface area contributed by atoms with Crippen LogP contribution in [0, 0.1) is 5.82 Å². The van der Waals surface area contributed by atoms with E-state index < -0.39 is 0 Å². The number of aromatic nitrogens is 1. The van der Waals surface area contributed by atoms with Gasteiger partial charge < -0.3 is 9.84 Å². The molecule has 3 aromatic rings. The normalized spacial score (nSPS) is 22.0. The Morgan fingerprint density at radius 1 is 1.07 bits per heavy atom. The topological polar surface area (TPSA) is 45.6 Å². The van der Waals surface area contributed by atoms with Gasteiger partial charge in [-0.1, -0.05) is 30.3 Å².